The molecule has 0 bridgehead atoms. The molecule has 0 unspecified atom stereocenters. The average Bonchev–Trinajstić information content (AvgIpc) is 3.41. The lowest BCUT2D eigenvalue weighted by atomic mass is 10.1. The van der Waals surface area contributed by atoms with E-state index in [1.165, 1.54) is 5.69 Å². The van der Waals surface area contributed by atoms with Crippen LogP contribution in [0.2, 0.25) is 0 Å². The Morgan fingerprint density at radius 3 is 2.57 bits per heavy atom. The lowest BCUT2D eigenvalue weighted by Gasteiger charge is -2.24. The molecule has 0 spiro atoms. The Balaban J connectivity index is 1.25. The minimum absolute atomic E-state index is 0.625. The van der Waals surface area contributed by atoms with Crippen molar-refractivity contribution in [1.82, 2.24) is 30.2 Å². The number of imidazole rings is 1. The number of nitrogens with one attached hydrogen (secondary N) is 3. The highest BCUT2D eigenvalue weighted by molar-refractivity contribution is 5.98. The van der Waals surface area contributed by atoms with E-state index >= 15 is 0 Å². The zero-order chi connectivity index (χ0) is 29.1. The topological polar surface area (TPSA) is 107 Å². The van der Waals surface area contributed by atoms with Crippen LogP contribution in [0, 0.1) is 6.92 Å². The Bertz CT molecular complexity index is 1780. The average molecular weight is 560 g/mol. The van der Waals surface area contributed by atoms with Crippen molar-refractivity contribution in [2.45, 2.75) is 47.0 Å². The summed E-state index contributed by atoms with van der Waals surface area (Å²) in [6.07, 6.45) is 7.00. The van der Waals surface area contributed by atoms with E-state index in [2.05, 4.69) is 69.7 Å². The van der Waals surface area contributed by atoms with Gasteiger partial charge in [0.2, 0.25) is 0 Å². The van der Waals surface area contributed by atoms with Crippen molar-refractivity contribution in [1.29, 1.82) is 0 Å². The molecule has 0 aliphatic carbocycles. The third kappa shape index (κ3) is 5.95. The Morgan fingerprint density at radius 2 is 1.81 bits per heavy atom. The summed E-state index contributed by atoms with van der Waals surface area (Å²) in [5, 5.41) is 8.00. The second-order valence-corrected chi connectivity index (χ2v) is 10.8. The molecule has 5 aromatic rings. The molecule has 0 saturated heterocycles. The van der Waals surface area contributed by atoms with Gasteiger partial charge in [0.05, 0.1) is 22.9 Å². The normalized spacial score (nSPS) is 14.3. The zero-order valence-corrected chi connectivity index (χ0v) is 24.7. The van der Waals surface area contributed by atoms with Crippen LogP contribution in [0.4, 0.5) is 22.9 Å². The van der Waals surface area contributed by atoms with Crippen LogP contribution in [-0.2, 0) is 0 Å². The number of hydrogen-bond donors (Lipinski definition) is 3. The lowest BCUT2D eigenvalue weighted by molar-refractivity contribution is 0.745. The van der Waals surface area contributed by atoms with Crippen LogP contribution >= 0.6 is 0 Å². The summed E-state index contributed by atoms with van der Waals surface area (Å²) in [4.78, 5) is 29.4. The van der Waals surface area contributed by atoms with Crippen LogP contribution in [0.5, 0.6) is 0 Å². The highest BCUT2D eigenvalue weighted by Gasteiger charge is 2.12. The molecule has 1 aliphatic heterocycles. The van der Waals surface area contributed by atoms with Crippen molar-refractivity contribution >= 4 is 50.7 Å². The minimum Gasteiger partial charge on any atom is -0.388 e. The summed E-state index contributed by atoms with van der Waals surface area (Å²) in [7, 11) is 0. The fourth-order valence-corrected chi connectivity index (χ4v) is 5.38. The molecule has 4 aromatic heterocycles. The third-order valence-corrected chi connectivity index (χ3v) is 7.32. The number of hydrogen-bond acceptors (Lipinski definition) is 8. The molecule has 42 heavy (non-hydrogen) atoms. The number of fused-ring (bicyclic) bond motifs is 2. The summed E-state index contributed by atoms with van der Waals surface area (Å²) in [5.74, 6) is 1.33. The van der Waals surface area contributed by atoms with Crippen molar-refractivity contribution in [3.05, 3.63) is 72.2 Å². The number of aromatic amines is 1. The van der Waals surface area contributed by atoms with Gasteiger partial charge in [-0.15, -0.1) is 0 Å². The first kappa shape index (κ1) is 27.4. The second kappa shape index (κ2) is 12.0. The van der Waals surface area contributed by atoms with E-state index in [0.29, 0.717) is 17.3 Å². The molecule has 0 amide bonds. The number of anilines is 3. The predicted octanol–water partition coefficient (Wildman–Crippen LogP) is 7.22. The number of rotatable bonds is 9. The van der Waals surface area contributed by atoms with Crippen molar-refractivity contribution < 1.29 is 0 Å². The number of aryl methyl sites for hydroxylation is 1. The van der Waals surface area contributed by atoms with Gasteiger partial charge in [-0.1, -0.05) is 13.8 Å². The number of pyridine rings is 3. The maximum Gasteiger partial charge on any atom is 0.180 e. The molecule has 0 radical (unpaired) electrons. The van der Waals surface area contributed by atoms with E-state index in [4.69, 9.17) is 19.9 Å². The van der Waals surface area contributed by atoms with Gasteiger partial charge in [0.15, 0.2) is 17.3 Å². The van der Waals surface area contributed by atoms with Gasteiger partial charge in [0.1, 0.15) is 5.69 Å². The predicted molar refractivity (Wildman–Crippen MR) is 173 cm³/mol. The number of allylic oxidation sites excluding steroid dienone is 2. The van der Waals surface area contributed by atoms with Gasteiger partial charge in [0, 0.05) is 59.9 Å². The fourth-order valence-electron chi connectivity index (χ4n) is 5.38. The van der Waals surface area contributed by atoms with Gasteiger partial charge in [-0.25, -0.2) is 15.0 Å². The van der Waals surface area contributed by atoms with E-state index in [1.807, 2.05) is 44.3 Å². The van der Waals surface area contributed by atoms with Crippen LogP contribution in [0.25, 0.3) is 33.6 Å². The Kier molecular flexibility index (Phi) is 7.81. The number of H-pyrrole nitrogens is 1. The number of benzene rings is 1. The standard InChI is InChI=1S/C33H37N9/c1-5-15-42(16-6-2)25-8-10-27-26(19-25)30(18-22(4)36-27)37-24-7-9-28(35-20-24)32-39-29-11-12-31(40-33(29)41-32)38-23-13-14-34-21(3)17-23/h7-12,17-20,34H,5-6,13-16H2,1-4H3,(H,36,37)(H,39,40,41). The Labute approximate surface area is 246 Å². The first-order valence-corrected chi connectivity index (χ1v) is 14.8. The quantitative estimate of drug-likeness (QED) is 0.175. The van der Waals surface area contributed by atoms with Crippen molar-refractivity contribution in [2.75, 3.05) is 29.9 Å². The van der Waals surface area contributed by atoms with Gasteiger partial charge in [-0.05, 0) is 81.3 Å². The molecule has 0 atom stereocenters. The van der Waals surface area contributed by atoms with Crippen molar-refractivity contribution in [2.24, 2.45) is 4.99 Å². The zero-order valence-electron chi connectivity index (χ0n) is 24.7. The summed E-state index contributed by atoms with van der Waals surface area (Å²) < 4.78 is 0. The van der Waals surface area contributed by atoms with Crippen LogP contribution < -0.4 is 15.5 Å². The summed E-state index contributed by atoms with van der Waals surface area (Å²) in [5.41, 5.74) is 9.44. The molecular formula is C33H37N9. The van der Waals surface area contributed by atoms with Gasteiger partial charge >= 0.3 is 0 Å². The molecule has 0 saturated carbocycles. The van der Waals surface area contributed by atoms with E-state index in [0.717, 1.165) is 89.5 Å². The second-order valence-electron chi connectivity index (χ2n) is 10.8. The number of aromatic nitrogens is 5. The van der Waals surface area contributed by atoms with Gasteiger partial charge in [-0.2, -0.15) is 0 Å². The molecule has 3 N–H and O–H groups in total. The maximum atomic E-state index is 4.78. The Morgan fingerprint density at radius 1 is 0.952 bits per heavy atom. The molecule has 9 nitrogen and oxygen atoms in total. The molecule has 214 valence electrons. The van der Waals surface area contributed by atoms with Crippen molar-refractivity contribution in [3.63, 3.8) is 0 Å². The largest absolute Gasteiger partial charge is 0.388 e. The summed E-state index contributed by atoms with van der Waals surface area (Å²) in [6, 6.07) is 16.5. The summed E-state index contributed by atoms with van der Waals surface area (Å²) in [6.45, 7) is 11.5. The monoisotopic (exact) mass is 559 g/mol. The molecular weight excluding hydrogens is 522 g/mol. The van der Waals surface area contributed by atoms with Crippen molar-refractivity contribution in [3.8, 4) is 11.5 Å². The SMILES string of the molecule is CCCN(CCC)c1ccc2nc(C)cc(Nc3ccc(-c4nc5nc(N=C6C=C(C)NCC6)ccc5[nH]4)nc3)c2c1. The van der Waals surface area contributed by atoms with E-state index < -0.39 is 0 Å². The first-order valence-electron chi connectivity index (χ1n) is 14.8. The summed E-state index contributed by atoms with van der Waals surface area (Å²) >= 11 is 0. The lowest BCUT2D eigenvalue weighted by Crippen LogP contribution is -2.24. The minimum atomic E-state index is 0.625. The van der Waals surface area contributed by atoms with Crippen LogP contribution in [0.3, 0.4) is 0 Å². The smallest absolute Gasteiger partial charge is 0.180 e. The van der Waals surface area contributed by atoms with Gasteiger partial charge < -0.3 is 20.5 Å². The highest BCUT2D eigenvalue weighted by Crippen LogP contribution is 2.31. The number of aliphatic imine (C=N–C) groups is 1. The fraction of sp³-hybridized carbons (Fsp3) is 0.303. The van der Waals surface area contributed by atoms with Gasteiger partial charge in [0.25, 0.3) is 0 Å². The maximum absolute atomic E-state index is 4.78. The van der Waals surface area contributed by atoms with Crippen LogP contribution in [-0.4, -0.2) is 50.3 Å². The molecule has 1 aromatic carbocycles. The third-order valence-electron chi connectivity index (χ3n) is 7.32. The molecule has 5 heterocycles. The van der Waals surface area contributed by atoms with E-state index in [9.17, 15) is 0 Å². The molecule has 6 rings (SSSR count). The van der Waals surface area contributed by atoms with Crippen LogP contribution in [0.15, 0.2) is 71.5 Å². The highest BCUT2D eigenvalue weighted by atomic mass is 15.1. The molecule has 0 fully saturated rings. The molecule has 9 heteroatoms. The van der Waals surface area contributed by atoms with E-state index in [1.54, 1.807) is 0 Å². The first-order chi connectivity index (χ1) is 20.5. The van der Waals surface area contributed by atoms with Crippen LogP contribution in [0.1, 0.15) is 45.7 Å². The van der Waals surface area contributed by atoms with Gasteiger partial charge in [-0.3, -0.25) is 9.97 Å². The van der Waals surface area contributed by atoms with E-state index in [-0.39, 0.29) is 0 Å². The number of nitrogens with zero attached hydrogens (tertiary/aromatic N) is 6. The molecule has 1 aliphatic rings. The Hall–Kier alpha value is -4.79.